The standard InChI is InChI=1S/C26H32ClNO6/c1-5-7-8-11-33-22-10-9-19(15-23(22)32-6-2)14-21(26(30)31)28-24(29)16-34-20-12-17(3)25(27)18(4)13-20/h9-10,12-15H,5-8,11,16H2,1-4H3,(H,28,29)(H,30,31)/b21-14+. The minimum Gasteiger partial charge on any atom is -0.490 e. The van der Waals surface area contributed by atoms with Crippen LogP contribution in [0.15, 0.2) is 36.0 Å². The van der Waals surface area contributed by atoms with Gasteiger partial charge in [-0.3, -0.25) is 4.79 Å². The second kappa shape index (κ2) is 13.5. The van der Waals surface area contributed by atoms with Crippen molar-refractivity contribution in [1.82, 2.24) is 5.32 Å². The molecular formula is C26H32ClNO6. The third kappa shape index (κ3) is 8.30. The SMILES string of the molecule is CCCCCOc1ccc(/C=C(/NC(=O)COc2cc(C)c(Cl)c(C)c2)C(=O)O)cc1OCC. The number of aryl methyl sites for hydroxylation is 2. The van der Waals surface area contributed by atoms with Gasteiger partial charge in [-0.2, -0.15) is 0 Å². The van der Waals surface area contributed by atoms with Crippen LogP contribution in [0.5, 0.6) is 17.2 Å². The van der Waals surface area contributed by atoms with Gasteiger partial charge in [0.15, 0.2) is 18.1 Å². The van der Waals surface area contributed by atoms with Gasteiger partial charge in [0.05, 0.1) is 13.2 Å². The maximum Gasteiger partial charge on any atom is 0.352 e. The third-order valence-corrected chi connectivity index (χ3v) is 5.46. The van der Waals surface area contributed by atoms with E-state index in [0.717, 1.165) is 30.4 Å². The lowest BCUT2D eigenvalue weighted by Gasteiger charge is -2.13. The van der Waals surface area contributed by atoms with Crippen molar-refractivity contribution in [2.75, 3.05) is 19.8 Å². The van der Waals surface area contributed by atoms with Crippen LogP contribution in [0, 0.1) is 13.8 Å². The maximum atomic E-state index is 12.3. The Hall–Kier alpha value is -3.19. The molecule has 184 valence electrons. The fourth-order valence-corrected chi connectivity index (χ4v) is 3.29. The monoisotopic (exact) mass is 489 g/mol. The molecule has 2 rings (SSSR count). The van der Waals surface area contributed by atoms with Crippen molar-refractivity contribution in [2.24, 2.45) is 0 Å². The number of carbonyl (C=O) groups excluding carboxylic acids is 1. The van der Waals surface area contributed by atoms with Gasteiger partial charge in [-0.1, -0.05) is 37.4 Å². The molecule has 0 aliphatic rings. The van der Waals surface area contributed by atoms with Gasteiger partial charge in [0, 0.05) is 5.02 Å². The molecule has 0 bridgehead atoms. The van der Waals surface area contributed by atoms with E-state index >= 15 is 0 Å². The molecular weight excluding hydrogens is 458 g/mol. The van der Waals surface area contributed by atoms with E-state index in [1.807, 2.05) is 20.8 Å². The number of ether oxygens (including phenoxy) is 3. The van der Waals surface area contributed by atoms with Gasteiger partial charge in [0.25, 0.3) is 5.91 Å². The van der Waals surface area contributed by atoms with E-state index in [-0.39, 0.29) is 12.3 Å². The molecule has 0 spiro atoms. The Bertz CT molecular complexity index is 1010. The second-order valence-corrected chi connectivity index (χ2v) is 8.14. The van der Waals surface area contributed by atoms with Gasteiger partial charge >= 0.3 is 5.97 Å². The Morgan fingerprint density at radius 2 is 1.71 bits per heavy atom. The highest BCUT2D eigenvalue weighted by atomic mass is 35.5. The molecule has 34 heavy (non-hydrogen) atoms. The topological polar surface area (TPSA) is 94.1 Å². The number of rotatable bonds is 13. The highest BCUT2D eigenvalue weighted by Crippen LogP contribution is 2.30. The van der Waals surface area contributed by atoms with Crippen LogP contribution in [-0.4, -0.2) is 36.8 Å². The van der Waals surface area contributed by atoms with Crippen molar-refractivity contribution >= 4 is 29.6 Å². The number of hydrogen-bond acceptors (Lipinski definition) is 5. The van der Waals surface area contributed by atoms with Gasteiger partial charge in [-0.15, -0.1) is 0 Å². The highest BCUT2D eigenvalue weighted by molar-refractivity contribution is 6.32. The number of hydrogen-bond donors (Lipinski definition) is 2. The Labute approximate surface area is 205 Å². The number of carbonyl (C=O) groups is 2. The quantitative estimate of drug-likeness (QED) is 0.283. The smallest absolute Gasteiger partial charge is 0.352 e. The van der Waals surface area contributed by atoms with Gasteiger partial charge < -0.3 is 24.6 Å². The maximum absolute atomic E-state index is 12.3. The van der Waals surface area contributed by atoms with E-state index in [0.29, 0.717) is 41.0 Å². The molecule has 0 heterocycles. The van der Waals surface area contributed by atoms with E-state index in [2.05, 4.69) is 12.2 Å². The molecule has 0 fully saturated rings. The van der Waals surface area contributed by atoms with Crippen LogP contribution in [0.25, 0.3) is 6.08 Å². The fourth-order valence-electron chi connectivity index (χ4n) is 3.18. The minimum atomic E-state index is -1.27. The molecule has 2 N–H and O–H groups in total. The summed E-state index contributed by atoms with van der Waals surface area (Å²) in [6.07, 6.45) is 4.48. The Balaban J connectivity index is 2.10. The van der Waals surface area contributed by atoms with Crippen molar-refractivity contribution in [3.8, 4) is 17.2 Å². The average Bonchev–Trinajstić information content (AvgIpc) is 2.79. The molecule has 0 saturated heterocycles. The summed E-state index contributed by atoms with van der Waals surface area (Å²) < 4.78 is 17.0. The zero-order chi connectivity index (χ0) is 25.1. The number of carboxylic acid groups (broad SMARTS) is 1. The number of aliphatic carboxylic acids is 1. The zero-order valence-corrected chi connectivity index (χ0v) is 20.8. The summed E-state index contributed by atoms with van der Waals surface area (Å²) in [6, 6.07) is 8.57. The molecule has 0 radical (unpaired) electrons. The number of carboxylic acids is 1. The second-order valence-electron chi connectivity index (χ2n) is 7.77. The summed E-state index contributed by atoms with van der Waals surface area (Å²) in [5.74, 6) is -0.283. The number of amides is 1. The number of unbranched alkanes of at least 4 members (excludes halogenated alkanes) is 2. The highest BCUT2D eigenvalue weighted by Gasteiger charge is 2.14. The van der Waals surface area contributed by atoms with Crippen molar-refractivity contribution in [2.45, 2.75) is 47.0 Å². The summed E-state index contributed by atoms with van der Waals surface area (Å²) in [7, 11) is 0. The summed E-state index contributed by atoms with van der Waals surface area (Å²) in [5, 5.41) is 12.6. The molecule has 0 aliphatic heterocycles. The summed E-state index contributed by atoms with van der Waals surface area (Å²) in [5.41, 5.74) is 1.92. The summed E-state index contributed by atoms with van der Waals surface area (Å²) in [6.45, 7) is 8.32. The first-order valence-corrected chi connectivity index (χ1v) is 11.7. The first-order valence-electron chi connectivity index (χ1n) is 11.3. The van der Waals surface area contributed by atoms with Gasteiger partial charge in [0.2, 0.25) is 0 Å². The van der Waals surface area contributed by atoms with Crippen LogP contribution < -0.4 is 19.5 Å². The van der Waals surface area contributed by atoms with Crippen molar-refractivity contribution in [1.29, 1.82) is 0 Å². The first-order chi connectivity index (χ1) is 16.2. The van der Waals surface area contributed by atoms with E-state index < -0.39 is 11.9 Å². The molecule has 2 aromatic rings. The van der Waals surface area contributed by atoms with Gasteiger partial charge in [-0.25, -0.2) is 4.79 Å². The molecule has 0 unspecified atom stereocenters. The average molecular weight is 490 g/mol. The van der Waals surface area contributed by atoms with Crippen molar-refractivity contribution < 1.29 is 28.9 Å². The van der Waals surface area contributed by atoms with Crippen LogP contribution in [0.1, 0.15) is 49.8 Å². The summed E-state index contributed by atoms with van der Waals surface area (Å²) in [4.78, 5) is 24.1. The van der Waals surface area contributed by atoms with E-state index in [9.17, 15) is 14.7 Å². The van der Waals surface area contributed by atoms with Crippen LogP contribution in [0.2, 0.25) is 5.02 Å². The Morgan fingerprint density at radius 1 is 1.00 bits per heavy atom. The van der Waals surface area contributed by atoms with Crippen LogP contribution in [-0.2, 0) is 9.59 Å². The lowest BCUT2D eigenvalue weighted by Crippen LogP contribution is -2.31. The summed E-state index contributed by atoms with van der Waals surface area (Å²) >= 11 is 6.15. The largest absolute Gasteiger partial charge is 0.490 e. The van der Waals surface area contributed by atoms with Crippen LogP contribution in [0.3, 0.4) is 0 Å². The molecule has 1 amide bonds. The number of halogens is 1. The minimum absolute atomic E-state index is 0.281. The lowest BCUT2D eigenvalue weighted by atomic mass is 10.1. The van der Waals surface area contributed by atoms with Crippen LogP contribution >= 0.6 is 11.6 Å². The normalized spacial score (nSPS) is 11.1. The molecule has 2 aromatic carbocycles. The lowest BCUT2D eigenvalue weighted by molar-refractivity contribution is -0.134. The zero-order valence-electron chi connectivity index (χ0n) is 20.1. The predicted octanol–water partition coefficient (Wildman–Crippen LogP) is 5.55. The van der Waals surface area contributed by atoms with Crippen molar-refractivity contribution in [3.63, 3.8) is 0 Å². The van der Waals surface area contributed by atoms with Crippen molar-refractivity contribution in [3.05, 3.63) is 57.7 Å². The van der Waals surface area contributed by atoms with E-state index in [4.69, 9.17) is 25.8 Å². The fraction of sp³-hybridized carbons (Fsp3) is 0.385. The molecule has 0 aromatic heterocycles. The number of benzene rings is 2. The molecule has 8 heteroatoms. The molecule has 7 nitrogen and oxygen atoms in total. The van der Waals surface area contributed by atoms with E-state index in [1.165, 1.54) is 6.08 Å². The van der Waals surface area contributed by atoms with Crippen LogP contribution in [0.4, 0.5) is 0 Å². The Kier molecular flexibility index (Phi) is 10.7. The third-order valence-electron chi connectivity index (χ3n) is 4.87. The Morgan fingerprint density at radius 3 is 2.32 bits per heavy atom. The number of nitrogens with one attached hydrogen (secondary N) is 1. The molecule has 0 saturated carbocycles. The first kappa shape index (κ1) is 27.1. The van der Waals surface area contributed by atoms with Gasteiger partial charge in [-0.05, 0) is 74.2 Å². The molecule has 0 atom stereocenters. The molecule has 0 aliphatic carbocycles. The van der Waals surface area contributed by atoms with Gasteiger partial charge in [0.1, 0.15) is 11.4 Å². The predicted molar refractivity (Wildman–Crippen MR) is 133 cm³/mol. The van der Waals surface area contributed by atoms with E-state index in [1.54, 1.807) is 30.3 Å².